The third-order valence-corrected chi connectivity index (χ3v) is 6.56. The Labute approximate surface area is 161 Å². The van der Waals surface area contributed by atoms with E-state index in [0.29, 0.717) is 24.1 Å². The molecule has 0 aromatic heterocycles. The largest absolute Gasteiger partial charge is 0.300 e. The molecule has 1 heterocycles. The van der Waals surface area contributed by atoms with Gasteiger partial charge in [0, 0.05) is 18.8 Å². The Kier molecular flexibility index (Phi) is 6.17. The van der Waals surface area contributed by atoms with Crippen LogP contribution in [-0.4, -0.2) is 39.6 Å². The van der Waals surface area contributed by atoms with E-state index in [-0.39, 0.29) is 11.6 Å². The maximum absolute atomic E-state index is 12.6. The number of nitrogens with one attached hydrogen (secondary N) is 1. The van der Waals surface area contributed by atoms with E-state index in [4.69, 9.17) is 0 Å². The van der Waals surface area contributed by atoms with Crippen LogP contribution in [0.25, 0.3) is 0 Å². The van der Waals surface area contributed by atoms with Crippen LogP contribution >= 0.6 is 0 Å². The minimum atomic E-state index is -3.60. The molecule has 6 heteroatoms. The number of anilines is 1. The van der Waals surface area contributed by atoms with Crippen molar-refractivity contribution in [2.45, 2.75) is 37.0 Å². The molecule has 1 N–H and O–H groups in total. The zero-order valence-corrected chi connectivity index (χ0v) is 16.7. The third-order valence-electron chi connectivity index (χ3n) is 5.16. The molecule has 1 aliphatic heterocycles. The van der Waals surface area contributed by atoms with E-state index >= 15 is 0 Å². The van der Waals surface area contributed by atoms with Crippen LogP contribution in [0.15, 0.2) is 53.4 Å². The number of benzene rings is 2. The van der Waals surface area contributed by atoms with E-state index in [2.05, 4.69) is 23.5 Å². The van der Waals surface area contributed by atoms with Gasteiger partial charge in [0.25, 0.3) is 10.0 Å². The molecule has 2 aromatic rings. The van der Waals surface area contributed by atoms with Crippen LogP contribution in [0.2, 0.25) is 0 Å². The SMILES string of the molecule is CC(C)c1ccc(S(=O)(=O)Nc2ccc(C3CCN(CCF)C3)cc2)cc1. The molecule has 0 aliphatic carbocycles. The number of likely N-dealkylation sites (tertiary alicyclic amines) is 1. The first-order valence-electron chi connectivity index (χ1n) is 9.40. The van der Waals surface area contributed by atoms with Crippen molar-refractivity contribution in [1.29, 1.82) is 0 Å². The van der Waals surface area contributed by atoms with Gasteiger partial charge in [0.2, 0.25) is 0 Å². The Hall–Kier alpha value is -1.92. The molecule has 1 aliphatic rings. The summed E-state index contributed by atoms with van der Waals surface area (Å²) in [6, 6.07) is 14.5. The molecule has 2 aromatic carbocycles. The van der Waals surface area contributed by atoms with Crippen molar-refractivity contribution in [3.05, 3.63) is 59.7 Å². The summed E-state index contributed by atoms with van der Waals surface area (Å²) in [4.78, 5) is 2.39. The number of nitrogens with zero attached hydrogens (tertiary/aromatic N) is 1. The molecular formula is C21H27FN2O2S. The van der Waals surface area contributed by atoms with Crippen molar-refractivity contribution in [2.75, 3.05) is 31.0 Å². The first-order chi connectivity index (χ1) is 12.9. The molecule has 0 radical (unpaired) electrons. The molecule has 146 valence electrons. The van der Waals surface area contributed by atoms with Gasteiger partial charge in [0.1, 0.15) is 6.67 Å². The summed E-state index contributed by atoms with van der Waals surface area (Å²) < 4.78 is 40.3. The molecule has 0 bridgehead atoms. The molecule has 1 fully saturated rings. The van der Waals surface area contributed by atoms with E-state index in [0.717, 1.165) is 25.1 Å². The summed E-state index contributed by atoms with van der Waals surface area (Å²) in [6.07, 6.45) is 1.01. The number of hydrogen-bond acceptors (Lipinski definition) is 3. The summed E-state index contributed by atoms with van der Waals surface area (Å²) in [6.45, 7) is 6.09. The van der Waals surface area contributed by atoms with E-state index in [9.17, 15) is 12.8 Å². The normalized spacial score (nSPS) is 18.1. The molecule has 27 heavy (non-hydrogen) atoms. The fourth-order valence-corrected chi connectivity index (χ4v) is 4.56. The van der Waals surface area contributed by atoms with Crippen LogP contribution in [0.3, 0.4) is 0 Å². The van der Waals surface area contributed by atoms with Gasteiger partial charge in [-0.2, -0.15) is 0 Å². The average Bonchev–Trinajstić information content (AvgIpc) is 3.11. The molecular weight excluding hydrogens is 363 g/mol. The number of rotatable bonds is 7. The predicted molar refractivity (Wildman–Crippen MR) is 108 cm³/mol. The van der Waals surface area contributed by atoms with Gasteiger partial charge in [-0.1, -0.05) is 38.1 Å². The first-order valence-corrected chi connectivity index (χ1v) is 10.9. The predicted octanol–water partition coefficient (Wildman–Crippen LogP) is 4.37. The number of alkyl halides is 1. The van der Waals surface area contributed by atoms with Crippen molar-refractivity contribution in [2.24, 2.45) is 0 Å². The molecule has 0 amide bonds. The third kappa shape index (κ3) is 4.87. The summed E-state index contributed by atoms with van der Waals surface area (Å²) in [5.74, 6) is 0.740. The second kappa shape index (κ2) is 8.40. The molecule has 0 saturated carbocycles. The average molecular weight is 391 g/mol. The van der Waals surface area contributed by atoms with E-state index in [1.807, 2.05) is 24.3 Å². The van der Waals surface area contributed by atoms with Crippen LogP contribution < -0.4 is 4.72 Å². The summed E-state index contributed by atoms with van der Waals surface area (Å²) in [7, 11) is -3.60. The maximum Gasteiger partial charge on any atom is 0.261 e. The highest BCUT2D eigenvalue weighted by atomic mass is 32.2. The van der Waals surface area contributed by atoms with Gasteiger partial charge in [-0.05, 0) is 60.2 Å². The summed E-state index contributed by atoms with van der Waals surface area (Å²) in [5.41, 5.74) is 2.82. The lowest BCUT2D eigenvalue weighted by molar-refractivity contribution is 0.294. The van der Waals surface area contributed by atoms with Gasteiger partial charge in [-0.15, -0.1) is 0 Å². The van der Waals surface area contributed by atoms with Gasteiger partial charge < -0.3 is 4.90 Å². The number of hydrogen-bond donors (Lipinski definition) is 1. The quantitative estimate of drug-likeness (QED) is 0.764. The number of sulfonamides is 1. The first kappa shape index (κ1) is 19.8. The Balaban J connectivity index is 1.67. The summed E-state index contributed by atoms with van der Waals surface area (Å²) in [5, 5.41) is 0. The van der Waals surface area contributed by atoms with Crippen LogP contribution in [-0.2, 0) is 10.0 Å². The zero-order chi connectivity index (χ0) is 19.4. The molecule has 4 nitrogen and oxygen atoms in total. The molecule has 1 atom stereocenters. The van der Waals surface area contributed by atoms with Gasteiger partial charge >= 0.3 is 0 Å². The molecule has 0 spiro atoms. The zero-order valence-electron chi connectivity index (χ0n) is 15.9. The lowest BCUT2D eigenvalue weighted by Crippen LogP contribution is -2.22. The van der Waals surface area contributed by atoms with Crippen molar-refractivity contribution in [3.8, 4) is 0 Å². The van der Waals surface area contributed by atoms with Gasteiger partial charge in [-0.3, -0.25) is 4.72 Å². The fraction of sp³-hybridized carbons (Fsp3) is 0.429. The molecule has 3 rings (SSSR count). The second-order valence-corrected chi connectivity index (χ2v) is 9.11. The van der Waals surface area contributed by atoms with Crippen molar-refractivity contribution in [1.82, 2.24) is 4.90 Å². The standard InChI is InChI=1S/C21H27FN2O2S/c1-16(2)17-5-9-21(10-6-17)27(25,26)23-20-7-3-18(4-8-20)19-11-13-24(15-19)14-12-22/h3-10,16,19,23H,11-15H2,1-2H3. The van der Waals surface area contributed by atoms with E-state index < -0.39 is 10.0 Å². The topological polar surface area (TPSA) is 49.4 Å². The minimum absolute atomic E-state index is 0.258. The van der Waals surface area contributed by atoms with Crippen molar-refractivity contribution < 1.29 is 12.8 Å². The fourth-order valence-electron chi connectivity index (χ4n) is 3.50. The maximum atomic E-state index is 12.6. The lowest BCUT2D eigenvalue weighted by atomic mass is 9.98. The Morgan fingerprint density at radius 2 is 1.78 bits per heavy atom. The lowest BCUT2D eigenvalue weighted by Gasteiger charge is -2.15. The van der Waals surface area contributed by atoms with Crippen LogP contribution in [0.1, 0.15) is 43.2 Å². The van der Waals surface area contributed by atoms with Crippen LogP contribution in [0, 0.1) is 0 Å². The molecule has 1 unspecified atom stereocenters. The summed E-state index contributed by atoms with van der Waals surface area (Å²) >= 11 is 0. The van der Waals surface area contributed by atoms with E-state index in [1.165, 1.54) is 5.56 Å². The van der Waals surface area contributed by atoms with Gasteiger partial charge in [0.15, 0.2) is 0 Å². The molecule has 1 saturated heterocycles. The number of halogens is 1. The van der Waals surface area contributed by atoms with Gasteiger partial charge in [0.05, 0.1) is 4.90 Å². The monoisotopic (exact) mass is 390 g/mol. The minimum Gasteiger partial charge on any atom is -0.300 e. The van der Waals surface area contributed by atoms with Crippen molar-refractivity contribution in [3.63, 3.8) is 0 Å². The van der Waals surface area contributed by atoms with Crippen LogP contribution in [0.4, 0.5) is 10.1 Å². The van der Waals surface area contributed by atoms with Crippen molar-refractivity contribution >= 4 is 15.7 Å². The highest BCUT2D eigenvalue weighted by Crippen LogP contribution is 2.28. The highest BCUT2D eigenvalue weighted by molar-refractivity contribution is 7.92. The van der Waals surface area contributed by atoms with Crippen LogP contribution in [0.5, 0.6) is 0 Å². The smallest absolute Gasteiger partial charge is 0.261 e. The second-order valence-electron chi connectivity index (χ2n) is 7.43. The Morgan fingerprint density at radius 3 is 2.37 bits per heavy atom. The Bertz CT molecular complexity index is 849. The van der Waals surface area contributed by atoms with E-state index in [1.54, 1.807) is 24.3 Å². The Morgan fingerprint density at radius 1 is 1.11 bits per heavy atom. The van der Waals surface area contributed by atoms with Gasteiger partial charge in [-0.25, -0.2) is 12.8 Å². The highest BCUT2D eigenvalue weighted by Gasteiger charge is 2.23.